The summed E-state index contributed by atoms with van der Waals surface area (Å²) in [5, 5.41) is 14.6. The Bertz CT molecular complexity index is 1040. The van der Waals surface area contributed by atoms with E-state index in [2.05, 4.69) is 5.32 Å². The third-order valence-electron chi connectivity index (χ3n) is 4.89. The molecule has 1 aromatic carbocycles. The number of hydrogen-bond acceptors (Lipinski definition) is 4. The molecule has 2 amide bonds. The largest absolute Gasteiger partial charge is 0.480 e. The van der Waals surface area contributed by atoms with Crippen molar-refractivity contribution in [1.82, 2.24) is 9.47 Å². The molecule has 0 aliphatic carbocycles. The van der Waals surface area contributed by atoms with Crippen LogP contribution in [0.15, 0.2) is 48.0 Å². The minimum absolute atomic E-state index is 0.103. The van der Waals surface area contributed by atoms with Crippen molar-refractivity contribution in [3.05, 3.63) is 52.9 Å². The van der Waals surface area contributed by atoms with Crippen molar-refractivity contribution in [2.75, 3.05) is 11.9 Å². The summed E-state index contributed by atoms with van der Waals surface area (Å²) in [6.45, 7) is 0.461. The first-order chi connectivity index (χ1) is 13.5. The smallest absolute Gasteiger partial charge is 0.323 e. The lowest BCUT2D eigenvalue weighted by molar-refractivity contribution is -0.137. The molecule has 0 radical (unpaired) electrons. The molecule has 1 atom stereocenters. The molecule has 4 rings (SSSR count). The van der Waals surface area contributed by atoms with Crippen LogP contribution in [0.4, 0.5) is 5.69 Å². The Kier molecular flexibility index (Phi) is 4.87. The van der Waals surface area contributed by atoms with Gasteiger partial charge < -0.3 is 19.9 Å². The summed E-state index contributed by atoms with van der Waals surface area (Å²) in [5.41, 5.74) is 1.41. The first-order valence-corrected chi connectivity index (χ1v) is 9.87. The highest BCUT2D eigenvalue weighted by Gasteiger charge is 2.34. The lowest BCUT2D eigenvalue weighted by Crippen LogP contribution is -2.42. The van der Waals surface area contributed by atoms with E-state index in [1.807, 2.05) is 23.6 Å². The van der Waals surface area contributed by atoms with Gasteiger partial charge in [-0.1, -0.05) is 6.07 Å². The van der Waals surface area contributed by atoms with Crippen molar-refractivity contribution in [2.45, 2.75) is 25.4 Å². The van der Waals surface area contributed by atoms with Crippen LogP contribution in [0.25, 0.3) is 10.9 Å². The third-order valence-corrected chi connectivity index (χ3v) is 5.75. The fourth-order valence-corrected chi connectivity index (χ4v) is 4.29. The number of carbonyl (C=O) groups is 3. The Hall–Kier alpha value is -3.13. The maximum Gasteiger partial charge on any atom is 0.323 e. The molecule has 0 saturated carbocycles. The fourth-order valence-electron chi connectivity index (χ4n) is 3.61. The van der Waals surface area contributed by atoms with Crippen LogP contribution in [-0.4, -0.2) is 44.9 Å². The van der Waals surface area contributed by atoms with Crippen molar-refractivity contribution in [3.63, 3.8) is 0 Å². The van der Waals surface area contributed by atoms with Gasteiger partial charge in [-0.2, -0.15) is 0 Å². The topological polar surface area (TPSA) is 91.6 Å². The van der Waals surface area contributed by atoms with Crippen LogP contribution in [0, 0.1) is 0 Å². The molecule has 8 heteroatoms. The number of carboxylic acids is 1. The van der Waals surface area contributed by atoms with Gasteiger partial charge in [0.05, 0.1) is 4.88 Å². The van der Waals surface area contributed by atoms with Crippen LogP contribution in [0.3, 0.4) is 0 Å². The number of anilines is 1. The zero-order valence-corrected chi connectivity index (χ0v) is 15.8. The normalized spacial score (nSPS) is 16.4. The Balaban J connectivity index is 1.49. The molecule has 144 valence electrons. The molecule has 28 heavy (non-hydrogen) atoms. The van der Waals surface area contributed by atoms with E-state index in [1.165, 1.54) is 11.3 Å². The first-order valence-electron chi connectivity index (χ1n) is 8.99. The zero-order chi connectivity index (χ0) is 19.7. The van der Waals surface area contributed by atoms with E-state index in [9.17, 15) is 14.4 Å². The summed E-state index contributed by atoms with van der Waals surface area (Å²) in [4.78, 5) is 38.7. The van der Waals surface area contributed by atoms with Gasteiger partial charge in [0.2, 0.25) is 5.91 Å². The molecule has 0 spiro atoms. The number of benzene rings is 1. The highest BCUT2D eigenvalue weighted by Crippen LogP contribution is 2.25. The van der Waals surface area contributed by atoms with Crippen molar-refractivity contribution in [2.24, 2.45) is 0 Å². The van der Waals surface area contributed by atoms with E-state index >= 15 is 0 Å². The van der Waals surface area contributed by atoms with Gasteiger partial charge >= 0.3 is 5.97 Å². The number of aliphatic carboxylic acids is 1. The molecule has 1 fully saturated rings. The summed E-state index contributed by atoms with van der Waals surface area (Å²) in [6, 6.07) is 10.3. The number of amides is 2. The fraction of sp³-hybridized carbons (Fsp3) is 0.250. The number of thiophene rings is 1. The molecule has 2 N–H and O–H groups in total. The Morgan fingerprint density at radius 2 is 2.07 bits per heavy atom. The Morgan fingerprint density at radius 1 is 1.21 bits per heavy atom. The van der Waals surface area contributed by atoms with E-state index in [4.69, 9.17) is 5.11 Å². The van der Waals surface area contributed by atoms with Crippen LogP contribution in [0.2, 0.25) is 0 Å². The lowest BCUT2D eigenvalue weighted by atomic mass is 10.2. The molecule has 2 aromatic heterocycles. The predicted octanol–water partition coefficient (Wildman–Crippen LogP) is 3.03. The van der Waals surface area contributed by atoms with E-state index in [1.54, 1.807) is 33.9 Å². The molecular formula is C20H19N3O4S. The van der Waals surface area contributed by atoms with Crippen LogP contribution in [0.5, 0.6) is 0 Å². The summed E-state index contributed by atoms with van der Waals surface area (Å²) in [7, 11) is 0. The van der Waals surface area contributed by atoms with Crippen molar-refractivity contribution in [1.29, 1.82) is 0 Å². The van der Waals surface area contributed by atoms with Crippen molar-refractivity contribution in [3.8, 4) is 0 Å². The average Bonchev–Trinajstić information content (AvgIpc) is 3.42. The summed E-state index contributed by atoms with van der Waals surface area (Å²) >= 11 is 1.38. The van der Waals surface area contributed by atoms with Gasteiger partial charge in [-0.15, -0.1) is 11.3 Å². The van der Waals surface area contributed by atoms with Crippen molar-refractivity contribution >= 4 is 45.7 Å². The second kappa shape index (κ2) is 7.47. The Morgan fingerprint density at radius 3 is 2.82 bits per heavy atom. The standard InChI is InChI=1S/C20H19N3O4S/c24-18(25)12-22-9-7-13-11-14(5-6-15(13)22)21-19(26)16-3-1-8-23(16)20(27)17-4-2-10-28-17/h2,4-7,9-11,16H,1,3,8,12H2,(H,21,26)(H,24,25). The number of nitrogens with zero attached hydrogens (tertiary/aromatic N) is 2. The van der Waals surface area contributed by atoms with E-state index in [0.717, 1.165) is 17.3 Å². The molecule has 3 aromatic rings. The average molecular weight is 397 g/mol. The maximum atomic E-state index is 12.8. The van der Waals surface area contributed by atoms with Crippen LogP contribution < -0.4 is 5.32 Å². The lowest BCUT2D eigenvalue weighted by Gasteiger charge is -2.23. The minimum Gasteiger partial charge on any atom is -0.480 e. The number of rotatable bonds is 5. The molecule has 1 saturated heterocycles. The van der Waals surface area contributed by atoms with Gasteiger partial charge in [-0.25, -0.2) is 0 Å². The maximum absolute atomic E-state index is 12.8. The minimum atomic E-state index is -0.911. The number of nitrogens with one attached hydrogen (secondary N) is 1. The van der Waals surface area contributed by atoms with E-state index < -0.39 is 12.0 Å². The second-order valence-electron chi connectivity index (χ2n) is 6.73. The number of carboxylic acid groups (broad SMARTS) is 1. The van der Waals surface area contributed by atoms with Crippen LogP contribution in [0.1, 0.15) is 22.5 Å². The molecule has 0 bridgehead atoms. The third kappa shape index (κ3) is 3.50. The van der Waals surface area contributed by atoms with E-state index in [0.29, 0.717) is 23.5 Å². The van der Waals surface area contributed by atoms with Crippen molar-refractivity contribution < 1.29 is 19.5 Å². The first kappa shape index (κ1) is 18.2. The number of likely N-dealkylation sites (tertiary alicyclic amines) is 1. The van der Waals surface area contributed by atoms with E-state index in [-0.39, 0.29) is 18.4 Å². The Labute approximate surface area is 165 Å². The van der Waals surface area contributed by atoms with Gasteiger partial charge in [0.15, 0.2) is 0 Å². The molecule has 1 unspecified atom stereocenters. The van der Waals surface area contributed by atoms with Gasteiger partial charge in [0.25, 0.3) is 5.91 Å². The van der Waals surface area contributed by atoms with Gasteiger partial charge in [0.1, 0.15) is 12.6 Å². The molecular weight excluding hydrogens is 378 g/mol. The summed E-state index contributed by atoms with van der Waals surface area (Å²) in [6.07, 6.45) is 3.15. The summed E-state index contributed by atoms with van der Waals surface area (Å²) in [5.74, 6) is -1.22. The SMILES string of the molecule is O=C(O)Cn1ccc2cc(NC(=O)C3CCCN3C(=O)c3cccs3)ccc21. The molecule has 1 aliphatic heterocycles. The number of hydrogen-bond donors (Lipinski definition) is 2. The van der Waals surface area contributed by atoms with Crippen LogP contribution >= 0.6 is 11.3 Å². The van der Waals surface area contributed by atoms with Gasteiger partial charge in [0, 0.05) is 29.3 Å². The van der Waals surface area contributed by atoms with Gasteiger partial charge in [-0.05, 0) is 48.6 Å². The molecule has 7 nitrogen and oxygen atoms in total. The highest BCUT2D eigenvalue weighted by atomic mass is 32.1. The van der Waals surface area contributed by atoms with Crippen LogP contribution in [-0.2, 0) is 16.1 Å². The van der Waals surface area contributed by atoms with Gasteiger partial charge in [-0.3, -0.25) is 14.4 Å². The molecule has 3 heterocycles. The molecule has 1 aliphatic rings. The monoisotopic (exact) mass is 397 g/mol. The zero-order valence-electron chi connectivity index (χ0n) is 15.0. The number of fused-ring (bicyclic) bond motifs is 1. The second-order valence-corrected chi connectivity index (χ2v) is 7.68. The predicted molar refractivity (Wildman–Crippen MR) is 107 cm³/mol. The summed E-state index contributed by atoms with van der Waals surface area (Å²) < 4.78 is 1.64. The highest BCUT2D eigenvalue weighted by molar-refractivity contribution is 7.12. The number of aromatic nitrogens is 1. The number of carbonyl (C=O) groups excluding carboxylic acids is 2. The quantitative estimate of drug-likeness (QED) is 0.692.